The molecule has 1 aromatic carbocycles. The van der Waals surface area contributed by atoms with Crippen LogP contribution >= 0.6 is 11.8 Å². The normalized spacial score (nSPS) is 12.1. The molecule has 0 saturated carbocycles. The lowest BCUT2D eigenvalue weighted by atomic mass is 10.1. The van der Waals surface area contributed by atoms with Gasteiger partial charge < -0.3 is 14.0 Å². The maximum Gasteiger partial charge on any atom is 0.329 e. The number of carbonyl (C=O) groups excluding carboxylic acids is 1. The molecule has 154 valence electrons. The van der Waals surface area contributed by atoms with Crippen molar-refractivity contribution in [1.29, 1.82) is 0 Å². The van der Waals surface area contributed by atoms with E-state index < -0.39 is 22.5 Å². The van der Waals surface area contributed by atoms with Crippen molar-refractivity contribution >= 4 is 28.9 Å². The molecule has 0 aliphatic heterocycles. The van der Waals surface area contributed by atoms with Crippen LogP contribution in [-0.2, 0) is 29.5 Å². The molecule has 0 radical (unpaired) electrons. The van der Waals surface area contributed by atoms with Crippen LogP contribution in [0.15, 0.2) is 39.0 Å². The molecule has 1 N–H and O–H groups in total. The number of methoxy groups -OCH3 is 2. The Morgan fingerprint density at radius 2 is 1.93 bits per heavy atom. The van der Waals surface area contributed by atoms with Crippen molar-refractivity contribution in [2.75, 3.05) is 14.2 Å². The molecule has 0 aliphatic rings. The van der Waals surface area contributed by atoms with E-state index >= 15 is 0 Å². The molecule has 0 amide bonds. The molecule has 2 heterocycles. The first-order chi connectivity index (χ1) is 13.8. The van der Waals surface area contributed by atoms with Crippen molar-refractivity contribution in [2.45, 2.75) is 30.3 Å². The van der Waals surface area contributed by atoms with E-state index in [1.54, 1.807) is 25.6 Å². The highest BCUT2D eigenvalue weighted by Crippen LogP contribution is 2.26. The number of thioether (sulfide) groups is 1. The van der Waals surface area contributed by atoms with Crippen LogP contribution in [0.1, 0.15) is 12.5 Å². The Bertz CT molecular complexity index is 1150. The number of aromatic amines is 1. The standard InChI is InChI=1S/C19H22N4O5S/c1-11(17(25)28-4)29-19-20-15-14(16(24)21-18(26)22(15)2)23(19)10-9-12-5-7-13(27-3)8-6-12/h5-8,11H,9-10H2,1-4H3,(H,21,24,26)/t11-/m0/s1. The zero-order valence-corrected chi connectivity index (χ0v) is 17.4. The molecule has 0 fully saturated rings. The second-order valence-corrected chi connectivity index (χ2v) is 7.73. The summed E-state index contributed by atoms with van der Waals surface area (Å²) in [6, 6.07) is 7.63. The maximum absolute atomic E-state index is 12.5. The zero-order chi connectivity index (χ0) is 21.1. The van der Waals surface area contributed by atoms with Crippen LogP contribution in [0.4, 0.5) is 0 Å². The van der Waals surface area contributed by atoms with Crippen LogP contribution in [0.2, 0.25) is 0 Å². The second kappa shape index (κ2) is 8.56. The molecule has 0 aliphatic carbocycles. The minimum absolute atomic E-state index is 0.271. The molecular formula is C19H22N4O5S. The number of hydrogen-bond donors (Lipinski definition) is 1. The van der Waals surface area contributed by atoms with E-state index in [1.807, 2.05) is 24.3 Å². The van der Waals surface area contributed by atoms with Crippen molar-refractivity contribution in [3.63, 3.8) is 0 Å². The van der Waals surface area contributed by atoms with Crippen molar-refractivity contribution in [3.8, 4) is 5.75 Å². The van der Waals surface area contributed by atoms with E-state index in [2.05, 4.69) is 9.97 Å². The highest BCUT2D eigenvalue weighted by atomic mass is 32.2. The number of nitrogens with zero attached hydrogens (tertiary/aromatic N) is 3. The largest absolute Gasteiger partial charge is 0.497 e. The maximum atomic E-state index is 12.5. The van der Waals surface area contributed by atoms with Gasteiger partial charge in [-0.1, -0.05) is 23.9 Å². The van der Waals surface area contributed by atoms with Gasteiger partial charge in [0.25, 0.3) is 5.56 Å². The summed E-state index contributed by atoms with van der Waals surface area (Å²) in [6.45, 7) is 2.15. The molecule has 1 atom stereocenters. The third kappa shape index (κ3) is 4.21. The van der Waals surface area contributed by atoms with E-state index in [-0.39, 0.29) is 5.65 Å². The molecule has 2 aromatic heterocycles. The van der Waals surface area contributed by atoms with Crippen LogP contribution in [-0.4, -0.2) is 44.5 Å². The summed E-state index contributed by atoms with van der Waals surface area (Å²) in [5.41, 5.74) is 0.557. The number of carbonyl (C=O) groups is 1. The molecule has 0 unspecified atom stereocenters. The number of hydrogen-bond acceptors (Lipinski definition) is 7. The Hall–Kier alpha value is -3.01. The van der Waals surface area contributed by atoms with Gasteiger partial charge in [-0.2, -0.15) is 0 Å². The van der Waals surface area contributed by atoms with E-state index in [0.717, 1.165) is 11.3 Å². The number of esters is 1. The summed E-state index contributed by atoms with van der Waals surface area (Å²) >= 11 is 1.18. The smallest absolute Gasteiger partial charge is 0.329 e. The highest BCUT2D eigenvalue weighted by Gasteiger charge is 2.22. The van der Waals surface area contributed by atoms with Gasteiger partial charge in [0.1, 0.15) is 11.0 Å². The van der Waals surface area contributed by atoms with Gasteiger partial charge in [0, 0.05) is 13.6 Å². The Morgan fingerprint density at radius 3 is 2.55 bits per heavy atom. The fraction of sp³-hybridized carbons (Fsp3) is 0.368. The summed E-state index contributed by atoms with van der Waals surface area (Å²) in [5, 5.41) is -0.0502. The minimum atomic E-state index is -0.542. The number of rotatable bonds is 7. The summed E-state index contributed by atoms with van der Waals surface area (Å²) in [4.78, 5) is 43.1. The lowest BCUT2D eigenvalue weighted by molar-refractivity contribution is -0.139. The summed E-state index contributed by atoms with van der Waals surface area (Å²) < 4.78 is 13.0. The number of benzene rings is 1. The van der Waals surface area contributed by atoms with Crippen LogP contribution in [0, 0.1) is 0 Å². The van der Waals surface area contributed by atoms with Crippen molar-refractivity contribution < 1.29 is 14.3 Å². The van der Waals surface area contributed by atoms with Gasteiger partial charge in [0.2, 0.25) is 0 Å². The minimum Gasteiger partial charge on any atom is -0.497 e. The number of fused-ring (bicyclic) bond motifs is 1. The molecule has 0 spiro atoms. The molecular weight excluding hydrogens is 396 g/mol. The van der Waals surface area contributed by atoms with Gasteiger partial charge in [-0.25, -0.2) is 9.78 Å². The molecule has 3 aromatic rings. The van der Waals surface area contributed by atoms with Gasteiger partial charge in [-0.3, -0.25) is 19.1 Å². The fourth-order valence-electron chi connectivity index (χ4n) is 2.92. The van der Waals surface area contributed by atoms with Gasteiger partial charge in [-0.15, -0.1) is 0 Å². The first-order valence-corrected chi connectivity index (χ1v) is 9.80. The van der Waals surface area contributed by atoms with E-state index in [4.69, 9.17) is 9.47 Å². The molecule has 0 saturated heterocycles. The number of aromatic nitrogens is 4. The molecule has 29 heavy (non-hydrogen) atoms. The molecule has 10 heteroatoms. The van der Waals surface area contributed by atoms with Gasteiger partial charge in [0.05, 0.1) is 14.2 Å². The Balaban J connectivity index is 2.02. The Morgan fingerprint density at radius 1 is 1.24 bits per heavy atom. The van der Waals surface area contributed by atoms with Crippen molar-refractivity contribution in [1.82, 2.24) is 19.1 Å². The number of aryl methyl sites for hydroxylation is 3. The van der Waals surface area contributed by atoms with Gasteiger partial charge in [-0.05, 0) is 31.0 Å². The molecule has 3 rings (SSSR count). The van der Waals surface area contributed by atoms with Crippen molar-refractivity contribution in [2.24, 2.45) is 7.05 Å². The lowest BCUT2D eigenvalue weighted by Gasteiger charge is -2.11. The van der Waals surface area contributed by atoms with Crippen LogP contribution in [0.25, 0.3) is 11.2 Å². The Labute approximate surface area is 170 Å². The highest BCUT2D eigenvalue weighted by molar-refractivity contribution is 8.00. The summed E-state index contributed by atoms with van der Waals surface area (Å²) in [7, 11) is 4.47. The quantitative estimate of drug-likeness (QED) is 0.455. The first kappa shape index (κ1) is 20.7. The average Bonchev–Trinajstić information content (AvgIpc) is 3.08. The summed E-state index contributed by atoms with van der Waals surface area (Å²) in [6.07, 6.45) is 0.623. The SMILES string of the molecule is COC(=O)[C@H](C)Sc1nc2c(c(=O)[nH]c(=O)n2C)n1CCc1ccc(OC)cc1. The van der Waals surface area contributed by atoms with E-state index in [0.29, 0.717) is 23.6 Å². The number of nitrogens with one attached hydrogen (secondary N) is 1. The predicted molar refractivity (Wildman–Crippen MR) is 110 cm³/mol. The lowest BCUT2D eigenvalue weighted by Crippen LogP contribution is -2.29. The van der Waals surface area contributed by atoms with Crippen LogP contribution in [0.3, 0.4) is 0 Å². The third-order valence-electron chi connectivity index (χ3n) is 4.57. The monoisotopic (exact) mass is 418 g/mol. The fourth-order valence-corrected chi connectivity index (χ4v) is 3.87. The summed E-state index contributed by atoms with van der Waals surface area (Å²) in [5.74, 6) is 0.364. The van der Waals surface area contributed by atoms with Crippen LogP contribution < -0.4 is 16.0 Å². The van der Waals surface area contributed by atoms with Gasteiger partial charge >= 0.3 is 11.7 Å². The first-order valence-electron chi connectivity index (χ1n) is 8.92. The molecule has 0 bridgehead atoms. The van der Waals surface area contributed by atoms with Crippen LogP contribution in [0.5, 0.6) is 5.75 Å². The predicted octanol–water partition coefficient (Wildman–Crippen LogP) is 1.33. The third-order valence-corrected chi connectivity index (χ3v) is 5.64. The zero-order valence-electron chi connectivity index (χ0n) is 16.6. The van der Waals surface area contributed by atoms with Gasteiger partial charge in [0.15, 0.2) is 16.3 Å². The topological polar surface area (TPSA) is 108 Å². The van der Waals surface area contributed by atoms with E-state index in [9.17, 15) is 14.4 Å². The number of ether oxygens (including phenoxy) is 2. The average molecular weight is 418 g/mol. The van der Waals surface area contributed by atoms with Crippen molar-refractivity contribution in [3.05, 3.63) is 50.7 Å². The second-order valence-electron chi connectivity index (χ2n) is 6.42. The number of imidazole rings is 1. The number of H-pyrrole nitrogens is 1. The Kier molecular flexibility index (Phi) is 6.12. The van der Waals surface area contributed by atoms with E-state index in [1.165, 1.54) is 23.4 Å². The molecule has 9 nitrogen and oxygen atoms in total.